The zero-order valence-electron chi connectivity index (χ0n) is 22.3. The third kappa shape index (κ3) is 5.67. The van der Waals surface area contributed by atoms with Crippen molar-refractivity contribution in [3.8, 4) is 17.4 Å². The van der Waals surface area contributed by atoms with Crippen molar-refractivity contribution in [3.05, 3.63) is 54.2 Å². The Labute approximate surface area is 227 Å². The van der Waals surface area contributed by atoms with E-state index in [0.29, 0.717) is 29.8 Å². The molecule has 208 valence electrons. The summed E-state index contributed by atoms with van der Waals surface area (Å²) in [7, 11) is -0.657. The molecule has 2 unspecified atom stereocenters. The molecule has 1 amide bonds. The number of imidazole rings is 1. The highest BCUT2D eigenvalue weighted by atomic mass is 32.2. The molecule has 0 spiro atoms. The molecule has 5 rings (SSSR count). The van der Waals surface area contributed by atoms with Gasteiger partial charge < -0.3 is 19.7 Å². The number of aryl methyl sites for hydroxylation is 1. The Bertz CT molecular complexity index is 1450. The van der Waals surface area contributed by atoms with Crippen LogP contribution < -0.4 is 19.7 Å². The molecule has 2 aromatic heterocycles. The Hall–Kier alpha value is -3.75. The molecule has 3 aromatic rings. The highest BCUT2D eigenvalue weighted by Gasteiger charge is 2.36. The summed E-state index contributed by atoms with van der Waals surface area (Å²) in [6.07, 6.45) is 5.08. The summed E-state index contributed by atoms with van der Waals surface area (Å²) in [6.45, 7) is 4.69. The average Bonchev–Trinajstić information content (AvgIpc) is 3.60. The summed E-state index contributed by atoms with van der Waals surface area (Å²) in [6, 6.07) is 6.66. The molecule has 2 atom stereocenters. The maximum Gasteiger partial charge on any atom is 0.281 e. The standard InChI is InChI=1S/C25H32N8O5S/c1-17-11-23(29-25(27-17)31-8-7-26-15-31)33-10-9-32(39(35,36)30(3)4)14-20(33)13-24(34)28-18(2)19-5-6-21-22(12-19)38-16-37-21/h5-8,11-12,15,18,20H,9-10,13-14,16H2,1-4H3,(H,28,34). The predicted octanol–water partition coefficient (Wildman–Crippen LogP) is 1.26. The van der Waals surface area contributed by atoms with Crippen molar-refractivity contribution >= 4 is 21.9 Å². The molecule has 0 saturated carbocycles. The number of fused-ring (bicyclic) bond motifs is 1. The van der Waals surface area contributed by atoms with Crippen molar-refractivity contribution in [2.45, 2.75) is 32.4 Å². The lowest BCUT2D eigenvalue weighted by atomic mass is 10.1. The second-order valence-corrected chi connectivity index (χ2v) is 11.9. The van der Waals surface area contributed by atoms with Crippen LogP contribution in [0.2, 0.25) is 0 Å². The first-order valence-electron chi connectivity index (χ1n) is 12.6. The van der Waals surface area contributed by atoms with E-state index in [1.807, 2.05) is 43.0 Å². The second-order valence-electron chi connectivity index (χ2n) is 9.74. The molecule has 2 aliphatic heterocycles. The Morgan fingerprint density at radius 1 is 1.18 bits per heavy atom. The van der Waals surface area contributed by atoms with Gasteiger partial charge in [0, 0.05) is 64.3 Å². The Kier molecular flexibility index (Phi) is 7.42. The van der Waals surface area contributed by atoms with Crippen LogP contribution >= 0.6 is 0 Å². The highest BCUT2D eigenvalue weighted by molar-refractivity contribution is 7.86. The van der Waals surface area contributed by atoms with Crippen LogP contribution in [0.5, 0.6) is 11.5 Å². The number of hydrogen-bond donors (Lipinski definition) is 1. The number of ether oxygens (including phenoxy) is 2. The molecule has 14 heteroatoms. The van der Waals surface area contributed by atoms with E-state index >= 15 is 0 Å². The van der Waals surface area contributed by atoms with Crippen LogP contribution in [0, 0.1) is 6.92 Å². The first kappa shape index (κ1) is 26.8. The van der Waals surface area contributed by atoms with E-state index in [1.165, 1.54) is 22.7 Å². The number of amides is 1. The second kappa shape index (κ2) is 10.8. The summed E-state index contributed by atoms with van der Waals surface area (Å²) in [4.78, 5) is 28.6. The van der Waals surface area contributed by atoms with Gasteiger partial charge in [-0.2, -0.15) is 22.0 Å². The molecule has 0 bridgehead atoms. The van der Waals surface area contributed by atoms with Crippen molar-refractivity contribution in [3.63, 3.8) is 0 Å². The molecule has 0 aliphatic carbocycles. The summed E-state index contributed by atoms with van der Waals surface area (Å²) in [5.41, 5.74) is 1.62. The summed E-state index contributed by atoms with van der Waals surface area (Å²) in [5, 5.41) is 3.04. The fourth-order valence-electron chi connectivity index (χ4n) is 4.70. The number of carbonyl (C=O) groups excluding carboxylic acids is 1. The van der Waals surface area contributed by atoms with Crippen LogP contribution in [0.1, 0.15) is 30.6 Å². The minimum Gasteiger partial charge on any atom is -0.454 e. The fourth-order valence-corrected chi connectivity index (χ4v) is 5.84. The average molecular weight is 557 g/mol. The van der Waals surface area contributed by atoms with Crippen LogP contribution in [0.4, 0.5) is 5.82 Å². The van der Waals surface area contributed by atoms with E-state index in [-0.39, 0.29) is 38.3 Å². The largest absolute Gasteiger partial charge is 0.454 e. The van der Waals surface area contributed by atoms with Crippen molar-refractivity contribution in [1.29, 1.82) is 0 Å². The molecule has 0 radical (unpaired) electrons. The smallest absolute Gasteiger partial charge is 0.281 e. The van der Waals surface area contributed by atoms with Gasteiger partial charge in [0.1, 0.15) is 12.1 Å². The fraction of sp³-hybridized carbons (Fsp3) is 0.440. The monoisotopic (exact) mass is 556 g/mol. The molecule has 4 heterocycles. The van der Waals surface area contributed by atoms with Gasteiger partial charge in [-0.3, -0.25) is 9.36 Å². The third-order valence-electron chi connectivity index (χ3n) is 6.79. The maximum absolute atomic E-state index is 13.3. The van der Waals surface area contributed by atoms with Gasteiger partial charge in [-0.15, -0.1) is 0 Å². The molecule has 1 fully saturated rings. The number of benzene rings is 1. The highest BCUT2D eigenvalue weighted by Crippen LogP contribution is 2.34. The SMILES string of the molecule is Cc1cc(N2CCN(S(=O)(=O)N(C)C)CC2CC(=O)NC(C)c2ccc3c(c2)OCO3)nc(-n2ccnc2)n1. The van der Waals surface area contributed by atoms with Gasteiger partial charge >= 0.3 is 0 Å². The molecular weight excluding hydrogens is 524 g/mol. The Balaban J connectivity index is 1.38. The summed E-state index contributed by atoms with van der Waals surface area (Å²) < 4.78 is 41.1. The first-order chi connectivity index (χ1) is 18.6. The van der Waals surface area contributed by atoms with E-state index < -0.39 is 16.3 Å². The maximum atomic E-state index is 13.3. The normalized spacial score (nSPS) is 18.4. The number of hydrogen-bond acceptors (Lipinski definition) is 9. The van der Waals surface area contributed by atoms with E-state index in [0.717, 1.165) is 11.3 Å². The van der Waals surface area contributed by atoms with E-state index in [2.05, 4.69) is 15.3 Å². The Morgan fingerprint density at radius 3 is 2.72 bits per heavy atom. The van der Waals surface area contributed by atoms with Gasteiger partial charge in [-0.25, -0.2) is 9.97 Å². The van der Waals surface area contributed by atoms with Gasteiger partial charge in [0.15, 0.2) is 11.5 Å². The number of aromatic nitrogens is 4. The van der Waals surface area contributed by atoms with Crippen molar-refractivity contribution in [2.24, 2.45) is 0 Å². The third-order valence-corrected chi connectivity index (χ3v) is 8.69. The lowest BCUT2D eigenvalue weighted by molar-refractivity contribution is -0.122. The van der Waals surface area contributed by atoms with E-state index in [9.17, 15) is 13.2 Å². The van der Waals surface area contributed by atoms with E-state index in [1.54, 1.807) is 23.3 Å². The van der Waals surface area contributed by atoms with Crippen LogP contribution in [0.3, 0.4) is 0 Å². The number of piperazine rings is 1. The minimum absolute atomic E-state index is 0.0673. The zero-order valence-corrected chi connectivity index (χ0v) is 23.1. The van der Waals surface area contributed by atoms with Crippen molar-refractivity contribution in [1.82, 2.24) is 33.4 Å². The Morgan fingerprint density at radius 2 is 1.97 bits per heavy atom. The number of anilines is 1. The quantitative estimate of drug-likeness (QED) is 0.435. The van der Waals surface area contributed by atoms with Crippen LogP contribution in [0.15, 0.2) is 43.0 Å². The van der Waals surface area contributed by atoms with E-state index in [4.69, 9.17) is 14.5 Å². The zero-order chi connectivity index (χ0) is 27.7. The van der Waals surface area contributed by atoms with Gasteiger partial charge in [-0.1, -0.05) is 6.07 Å². The lowest BCUT2D eigenvalue weighted by Gasteiger charge is -2.42. The number of nitrogens with zero attached hydrogens (tertiary/aromatic N) is 7. The molecule has 13 nitrogen and oxygen atoms in total. The molecule has 2 aliphatic rings. The topological polar surface area (TPSA) is 135 Å². The van der Waals surface area contributed by atoms with Gasteiger partial charge in [-0.05, 0) is 31.5 Å². The first-order valence-corrected chi connectivity index (χ1v) is 14.0. The van der Waals surface area contributed by atoms with Gasteiger partial charge in [0.2, 0.25) is 18.6 Å². The number of nitrogens with one attached hydrogen (secondary N) is 1. The summed E-state index contributed by atoms with van der Waals surface area (Å²) >= 11 is 0. The molecular formula is C25H32N8O5S. The van der Waals surface area contributed by atoms with Crippen LogP contribution in [-0.4, -0.2) is 89.0 Å². The van der Waals surface area contributed by atoms with Gasteiger partial charge in [0.25, 0.3) is 10.2 Å². The van der Waals surface area contributed by atoms with Gasteiger partial charge in [0.05, 0.1) is 12.1 Å². The van der Waals surface area contributed by atoms with Crippen molar-refractivity contribution in [2.75, 3.05) is 45.4 Å². The number of carbonyl (C=O) groups is 1. The predicted molar refractivity (Wildman–Crippen MR) is 143 cm³/mol. The summed E-state index contributed by atoms with van der Waals surface area (Å²) in [5.74, 6) is 2.18. The molecule has 39 heavy (non-hydrogen) atoms. The van der Waals surface area contributed by atoms with Crippen LogP contribution in [0.25, 0.3) is 5.95 Å². The molecule has 1 N–H and O–H groups in total. The minimum atomic E-state index is -3.66. The molecule has 1 aromatic carbocycles. The number of rotatable bonds is 8. The van der Waals surface area contributed by atoms with Crippen molar-refractivity contribution < 1.29 is 22.7 Å². The van der Waals surface area contributed by atoms with Crippen LogP contribution in [-0.2, 0) is 15.0 Å². The lowest BCUT2D eigenvalue weighted by Crippen LogP contribution is -2.58. The molecule has 1 saturated heterocycles.